The second-order valence-electron chi connectivity index (χ2n) is 4.74. The van der Waals surface area contributed by atoms with Crippen molar-refractivity contribution in [1.29, 1.82) is 0 Å². The van der Waals surface area contributed by atoms with Gasteiger partial charge in [0.15, 0.2) is 0 Å². The molecule has 1 N–H and O–H groups in total. The lowest BCUT2D eigenvalue weighted by atomic mass is 10.1. The largest absolute Gasteiger partial charge is 0.417 e. The van der Waals surface area contributed by atoms with E-state index in [1.165, 1.54) is 24.3 Å². The van der Waals surface area contributed by atoms with Gasteiger partial charge in [0.25, 0.3) is 0 Å². The molecule has 0 saturated carbocycles. The van der Waals surface area contributed by atoms with Crippen LogP contribution >= 0.6 is 34.8 Å². The summed E-state index contributed by atoms with van der Waals surface area (Å²) in [5.41, 5.74) is -0.935. The Morgan fingerprint density at radius 1 is 0.958 bits per heavy atom. The normalized spacial score (nSPS) is 12.4. The van der Waals surface area contributed by atoms with E-state index in [-0.39, 0.29) is 27.0 Å². The minimum atomic E-state index is -4.63. The Balaban J connectivity index is 2.24. The molecule has 0 aromatic heterocycles. The van der Waals surface area contributed by atoms with Gasteiger partial charge in [0, 0.05) is 16.6 Å². The molecule has 24 heavy (non-hydrogen) atoms. The number of benzene rings is 2. The number of sulfonamides is 1. The summed E-state index contributed by atoms with van der Waals surface area (Å²) in [4.78, 5) is -0.190. The maximum Gasteiger partial charge on any atom is 0.417 e. The molecule has 0 saturated heterocycles. The van der Waals surface area contributed by atoms with Gasteiger partial charge in [-0.2, -0.15) is 13.2 Å². The Labute approximate surface area is 151 Å². The molecular weight excluding hydrogens is 410 g/mol. The molecule has 0 radical (unpaired) electrons. The first-order chi connectivity index (χ1) is 11.0. The van der Waals surface area contributed by atoms with Gasteiger partial charge < -0.3 is 0 Å². The molecule has 10 heteroatoms. The average molecular weight is 419 g/mol. The van der Waals surface area contributed by atoms with Crippen LogP contribution in [0.1, 0.15) is 11.1 Å². The van der Waals surface area contributed by atoms with Crippen molar-refractivity contribution in [3.63, 3.8) is 0 Å². The minimum Gasteiger partial charge on any atom is -0.207 e. The topological polar surface area (TPSA) is 46.2 Å². The third kappa shape index (κ3) is 4.77. The first-order valence-corrected chi connectivity index (χ1v) is 8.92. The van der Waals surface area contributed by atoms with E-state index in [1.54, 1.807) is 0 Å². The van der Waals surface area contributed by atoms with E-state index in [4.69, 9.17) is 34.8 Å². The molecule has 0 unspecified atom stereocenters. The summed E-state index contributed by atoms with van der Waals surface area (Å²) < 4.78 is 65.0. The Morgan fingerprint density at radius 2 is 1.54 bits per heavy atom. The summed E-state index contributed by atoms with van der Waals surface area (Å²) in [5, 5.41) is -0.224. The molecule has 130 valence electrons. The van der Waals surface area contributed by atoms with E-state index < -0.39 is 26.8 Å². The number of nitrogens with one attached hydrogen (secondary N) is 1. The van der Waals surface area contributed by atoms with Gasteiger partial charge in [-0.15, -0.1) is 0 Å². The summed E-state index contributed by atoms with van der Waals surface area (Å²) in [6.45, 7) is -0.354. The number of hydrogen-bond acceptors (Lipinski definition) is 2. The average Bonchev–Trinajstić information content (AvgIpc) is 2.44. The molecule has 0 fully saturated rings. The van der Waals surface area contributed by atoms with E-state index in [9.17, 15) is 21.6 Å². The van der Waals surface area contributed by atoms with Gasteiger partial charge in [0.05, 0.1) is 15.5 Å². The highest BCUT2D eigenvalue weighted by atomic mass is 35.5. The predicted molar refractivity (Wildman–Crippen MR) is 86.9 cm³/mol. The van der Waals surface area contributed by atoms with Crippen molar-refractivity contribution < 1.29 is 21.6 Å². The van der Waals surface area contributed by atoms with Crippen LogP contribution in [0.15, 0.2) is 41.3 Å². The molecule has 2 aromatic rings. The van der Waals surface area contributed by atoms with Gasteiger partial charge in [0.1, 0.15) is 0 Å². The van der Waals surface area contributed by atoms with E-state index in [0.29, 0.717) is 0 Å². The lowest BCUT2D eigenvalue weighted by molar-refractivity contribution is -0.137. The Morgan fingerprint density at radius 3 is 2.08 bits per heavy atom. The van der Waals surface area contributed by atoms with Crippen LogP contribution in [0.2, 0.25) is 15.1 Å². The molecule has 3 nitrogen and oxygen atoms in total. The lowest BCUT2D eigenvalue weighted by Crippen LogP contribution is -2.23. The number of hydrogen-bond donors (Lipinski definition) is 1. The van der Waals surface area contributed by atoms with Crippen molar-refractivity contribution in [2.45, 2.75) is 17.6 Å². The molecule has 0 atom stereocenters. The summed E-state index contributed by atoms with van der Waals surface area (Å²) >= 11 is 17.0. The zero-order valence-electron chi connectivity index (χ0n) is 11.7. The van der Waals surface area contributed by atoms with Crippen LogP contribution in [0.4, 0.5) is 13.2 Å². The monoisotopic (exact) mass is 417 g/mol. The third-order valence-electron chi connectivity index (χ3n) is 2.95. The number of alkyl halides is 3. The zero-order valence-corrected chi connectivity index (χ0v) is 14.7. The van der Waals surface area contributed by atoms with Gasteiger partial charge in [0.2, 0.25) is 10.0 Å². The van der Waals surface area contributed by atoms with Crippen molar-refractivity contribution >= 4 is 44.8 Å². The highest BCUT2D eigenvalue weighted by molar-refractivity contribution is 7.89. The van der Waals surface area contributed by atoms with Crippen LogP contribution in [0, 0.1) is 0 Å². The predicted octanol–water partition coefficient (Wildman–Crippen LogP) is 5.14. The lowest BCUT2D eigenvalue weighted by Gasteiger charge is -2.12. The highest BCUT2D eigenvalue weighted by Crippen LogP contribution is 2.35. The number of rotatable bonds is 4. The fourth-order valence-corrected chi connectivity index (χ4v) is 3.81. The standard InChI is InChI=1S/C14H9Cl3F3NO2S/c15-9-4-10(16)6-11(5-9)24(22,23)21-7-8-1-2-13(17)12(3-8)14(18,19)20/h1-6,21H,7H2. The smallest absolute Gasteiger partial charge is 0.207 e. The molecule has 0 aliphatic heterocycles. The Kier molecular flexibility index (Phi) is 5.71. The van der Waals surface area contributed by atoms with Crippen molar-refractivity contribution in [1.82, 2.24) is 4.72 Å². The zero-order chi connectivity index (χ0) is 18.1. The van der Waals surface area contributed by atoms with E-state index in [0.717, 1.165) is 12.1 Å². The van der Waals surface area contributed by atoms with Gasteiger partial charge in [-0.05, 0) is 35.9 Å². The van der Waals surface area contributed by atoms with E-state index in [2.05, 4.69) is 4.72 Å². The van der Waals surface area contributed by atoms with Crippen LogP contribution in [0.25, 0.3) is 0 Å². The summed E-state index contributed by atoms with van der Waals surface area (Å²) in [7, 11) is -4.00. The quantitative estimate of drug-likeness (QED) is 0.747. The van der Waals surface area contributed by atoms with E-state index in [1.807, 2.05) is 0 Å². The molecule has 0 aliphatic carbocycles. The molecule has 0 amide bonds. The maximum absolute atomic E-state index is 12.8. The van der Waals surface area contributed by atoms with Crippen LogP contribution in [0.5, 0.6) is 0 Å². The fourth-order valence-electron chi connectivity index (χ4n) is 1.84. The highest BCUT2D eigenvalue weighted by Gasteiger charge is 2.33. The van der Waals surface area contributed by atoms with Crippen LogP contribution in [-0.4, -0.2) is 8.42 Å². The van der Waals surface area contributed by atoms with Crippen molar-refractivity contribution in [2.24, 2.45) is 0 Å². The molecule has 2 rings (SSSR count). The third-order valence-corrected chi connectivity index (χ3v) is 5.10. The summed E-state index contributed by atoms with van der Waals surface area (Å²) in [6.07, 6.45) is -4.63. The van der Waals surface area contributed by atoms with Crippen molar-refractivity contribution in [2.75, 3.05) is 0 Å². The minimum absolute atomic E-state index is 0.100. The summed E-state index contributed by atoms with van der Waals surface area (Å²) in [5.74, 6) is 0. The van der Waals surface area contributed by atoms with Gasteiger partial charge in [-0.1, -0.05) is 40.9 Å². The van der Waals surface area contributed by atoms with Gasteiger partial charge in [-0.3, -0.25) is 0 Å². The molecule has 2 aromatic carbocycles. The van der Waals surface area contributed by atoms with Crippen molar-refractivity contribution in [3.8, 4) is 0 Å². The maximum atomic E-state index is 12.8. The molecule has 0 bridgehead atoms. The first kappa shape index (κ1) is 19.3. The Bertz CT molecular complexity index is 850. The molecular formula is C14H9Cl3F3NO2S. The van der Waals surface area contributed by atoms with Crippen LogP contribution < -0.4 is 4.72 Å². The fraction of sp³-hybridized carbons (Fsp3) is 0.143. The SMILES string of the molecule is O=S(=O)(NCc1ccc(Cl)c(C(F)(F)F)c1)c1cc(Cl)cc(Cl)c1. The molecule has 0 spiro atoms. The van der Waals surface area contributed by atoms with Crippen molar-refractivity contribution in [3.05, 3.63) is 62.6 Å². The van der Waals surface area contributed by atoms with Crippen LogP contribution in [-0.2, 0) is 22.7 Å². The number of halogens is 6. The summed E-state index contributed by atoms with van der Waals surface area (Å²) in [6, 6.07) is 6.86. The van der Waals surface area contributed by atoms with Gasteiger partial charge in [-0.25, -0.2) is 13.1 Å². The van der Waals surface area contributed by atoms with E-state index >= 15 is 0 Å². The Hall–Kier alpha value is -0.990. The van der Waals surface area contributed by atoms with Crippen LogP contribution in [0.3, 0.4) is 0 Å². The molecule has 0 aliphatic rings. The first-order valence-electron chi connectivity index (χ1n) is 6.30. The van der Waals surface area contributed by atoms with Gasteiger partial charge >= 0.3 is 6.18 Å². The second kappa shape index (κ2) is 7.09. The second-order valence-corrected chi connectivity index (χ2v) is 7.79. The molecule has 0 heterocycles.